The van der Waals surface area contributed by atoms with Crippen LogP contribution < -0.4 is 117 Å². The number of thioether (sulfide) groups is 1. The molecular formula is C22H21K2N3O8S3. The van der Waals surface area contributed by atoms with Gasteiger partial charge in [0.25, 0.3) is 5.91 Å². The van der Waals surface area contributed by atoms with Crippen molar-refractivity contribution in [2.45, 2.75) is 29.6 Å². The van der Waals surface area contributed by atoms with E-state index in [1.807, 2.05) is 17.0 Å². The van der Waals surface area contributed by atoms with Gasteiger partial charge in [0.05, 0.1) is 49.8 Å². The van der Waals surface area contributed by atoms with Crippen molar-refractivity contribution in [2.24, 2.45) is 5.10 Å². The fraction of sp³-hybridized carbons (Fsp3) is 0.273. The van der Waals surface area contributed by atoms with Gasteiger partial charge in [-0.05, 0) is 56.2 Å². The second kappa shape index (κ2) is 14.0. The molecule has 2 aliphatic rings. The molecule has 0 bridgehead atoms. The van der Waals surface area contributed by atoms with Crippen molar-refractivity contribution in [1.29, 1.82) is 0 Å². The van der Waals surface area contributed by atoms with Gasteiger partial charge in [0.2, 0.25) is 0 Å². The number of hydrogen-bond acceptors (Lipinski definition) is 11. The summed E-state index contributed by atoms with van der Waals surface area (Å²) in [7, 11) is -7.43. The number of methoxy groups -OCH3 is 1. The molecule has 192 valence electrons. The summed E-state index contributed by atoms with van der Waals surface area (Å²) < 4.78 is 72.0. The van der Waals surface area contributed by atoms with E-state index in [1.165, 1.54) is 31.0 Å². The van der Waals surface area contributed by atoms with Gasteiger partial charge >= 0.3 is 103 Å². The Morgan fingerprint density at radius 3 is 2.24 bits per heavy atom. The number of rotatable bonds is 8. The smallest absolute Gasteiger partial charge is 0.748 e. The van der Waals surface area contributed by atoms with Gasteiger partial charge in [0.1, 0.15) is 15.9 Å². The quantitative estimate of drug-likeness (QED) is 0.124. The van der Waals surface area contributed by atoms with E-state index in [0.29, 0.717) is 35.0 Å². The molecule has 2 heterocycles. The number of benzene rings is 2. The van der Waals surface area contributed by atoms with Crippen LogP contribution in [-0.2, 0) is 25.0 Å². The molecule has 0 N–H and O–H groups in total. The number of anilines is 2. The second-order valence-corrected chi connectivity index (χ2v) is 11.9. The summed E-state index contributed by atoms with van der Waals surface area (Å²) in [5.74, 6) is -0.321. The van der Waals surface area contributed by atoms with Crippen LogP contribution in [-0.4, -0.2) is 57.0 Å². The molecular weight excluding hydrogens is 609 g/mol. The summed E-state index contributed by atoms with van der Waals surface area (Å²) in [4.78, 5) is 15.8. The minimum absolute atomic E-state index is 0. The number of amides is 1. The van der Waals surface area contributed by atoms with Crippen LogP contribution in [0, 0.1) is 0 Å². The van der Waals surface area contributed by atoms with Gasteiger partial charge in [-0.15, -0.1) is 0 Å². The third kappa shape index (κ3) is 8.01. The molecule has 2 aromatic carbocycles. The molecule has 0 fully saturated rings. The number of unbranched alkanes of at least 4 members (excludes halogenated alkanes) is 1. The molecule has 0 unspecified atom stereocenters. The third-order valence-corrected chi connectivity index (χ3v) is 8.36. The number of hydrazone groups is 1. The van der Waals surface area contributed by atoms with Crippen LogP contribution in [0.4, 0.5) is 11.4 Å². The normalized spacial score (nSPS) is 17.1. The van der Waals surface area contributed by atoms with Gasteiger partial charge in [-0.25, -0.2) is 16.8 Å². The SMILES string of the molecule is COc1ccc2c(c1)N(CCCCS(=O)(=O)[O-])/C(=C1\C(=O)N(c3ccc(S(=O)(=O)[O-])cc3)N=C1C)S2.[K+].[K+]. The maximum atomic E-state index is 13.5. The molecule has 0 radical (unpaired) electrons. The summed E-state index contributed by atoms with van der Waals surface area (Å²) in [5, 5.41) is 6.07. The number of ether oxygens (including phenoxy) is 1. The molecule has 2 aromatic rings. The van der Waals surface area contributed by atoms with Crippen molar-refractivity contribution >= 4 is 55.0 Å². The van der Waals surface area contributed by atoms with E-state index in [0.717, 1.165) is 27.7 Å². The van der Waals surface area contributed by atoms with Crippen molar-refractivity contribution in [3.63, 3.8) is 0 Å². The Hall–Kier alpha value is 0.363. The van der Waals surface area contributed by atoms with Gasteiger partial charge in [-0.1, -0.05) is 11.8 Å². The van der Waals surface area contributed by atoms with Crippen molar-refractivity contribution in [3.05, 3.63) is 53.1 Å². The van der Waals surface area contributed by atoms with Crippen LogP contribution >= 0.6 is 11.8 Å². The minimum atomic E-state index is -4.63. The van der Waals surface area contributed by atoms with Crippen LogP contribution in [0.15, 0.2) is 68.0 Å². The van der Waals surface area contributed by atoms with Crippen LogP contribution in [0.3, 0.4) is 0 Å². The fourth-order valence-electron chi connectivity index (χ4n) is 3.83. The van der Waals surface area contributed by atoms with Crippen LogP contribution in [0.2, 0.25) is 0 Å². The molecule has 0 atom stereocenters. The van der Waals surface area contributed by atoms with E-state index in [4.69, 9.17) is 4.74 Å². The van der Waals surface area contributed by atoms with Gasteiger partial charge in [0.15, 0.2) is 0 Å². The predicted octanol–water partition coefficient (Wildman–Crippen LogP) is -3.52. The minimum Gasteiger partial charge on any atom is -0.748 e. The Kier molecular flexibility index (Phi) is 12.8. The third-order valence-electron chi connectivity index (χ3n) is 5.54. The number of carbonyl (C=O) groups is 1. The van der Waals surface area contributed by atoms with Crippen molar-refractivity contribution in [2.75, 3.05) is 29.3 Å². The van der Waals surface area contributed by atoms with Crippen molar-refractivity contribution in [1.82, 2.24) is 0 Å². The molecule has 0 saturated carbocycles. The molecule has 0 spiro atoms. The molecule has 11 nitrogen and oxygen atoms in total. The number of nitrogens with zero attached hydrogens (tertiary/aromatic N) is 3. The largest absolute Gasteiger partial charge is 1.00 e. The predicted molar refractivity (Wildman–Crippen MR) is 132 cm³/mol. The topological polar surface area (TPSA) is 160 Å². The Bertz CT molecular complexity index is 1490. The molecule has 4 rings (SSSR count). The van der Waals surface area contributed by atoms with E-state index in [1.54, 1.807) is 13.0 Å². The zero-order valence-corrected chi connectivity index (χ0v) is 29.9. The summed E-state index contributed by atoms with van der Waals surface area (Å²) >= 11 is 1.36. The van der Waals surface area contributed by atoms with Gasteiger partial charge in [0, 0.05) is 23.3 Å². The van der Waals surface area contributed by atoms with Crippen molar-refractivity contribution < 1.29 is 138 Å². The molecule has 0 aliphatic carbocycles. The zero-order chi connectivity index (χ0) is 26.3. The van der Waals surface area contributed by atoms with Crippen LogP contribution in [0.1, 0.15) is 19.8 Å². The standard InChI is InChI=1S/C22H23N3O8S3.2K/c1-14-20(21(26)25(23-14)15-5-8-17(9-6-15)36(30,31)32)22-24(11-3-4-12-35(27,28)29)18-13-16(33-2)7-10-19(18)34-22;;/h5-10,13H,3-4,11-12H2,1-2H3,(H,27,28,29)(H,30,31,32);;/q;2*+1/p-2/b22-20+;;. The average Bonchev–Trinajstić information content (AvgIpc) is 3.30. The first-order chi connectivity index (χ1) is 16.9. The molecule has 16 heteroatoms. The Balaban J connectivity index is 0.00000253. The van der Waals surface area contributed by atoms with E-state index in [-0.39, 0.29) is 115 Å². The average molecular weight is 630 g/mol. The first kappa shape index (κ1) is 34.6. The molecule has 0 aromatic heterocycles. The Morgan fingerprint density at radius 2 is 1.66 bits per heavy atom. The number of carbonyl (C=O) groups excluding carboxylic acids is 1. The van der Waals surface area contributed by atoms with E-state index >= 15 is 0 Å². The van der Waals surface area contributed by atoms with E-state index in [2.05, 4.69) is 5.10 Å². The van der Waals surface area contributed by atoms with E-state index in [9.17, 15) is 30.7 Å². The molecule has 2 aliphatic heterocycles. The Labute approximate surface area is 310 Å². The number of hydrogen-bond donors (Lipinski definition) is 0. The van der Waals surface area contributed by atoms with Gasteiger partial charge < -0.3 is 18.7 Å². The zero-order valence-electron chi connectivity index (χ0n) is 21.2. The first-order valence-electron chi connectivity index (χ1n) is 10.7. The summed E-state index contributed by atoms with van der Waals surface area (Å²) in [6.45, 7) is 2.02. The molecule has 38 heavy (non-hydrogen) atoms. The van der Waals surface area contributed by atoms with Crippen molar-refractivity contribution in [3.8, 4) is 5.75 Å². The van der Waals surface area contributed by atoms with E-state index < -0.39 is 36.8 Å². The summed E-state index contributed by atoms with van der Waals surface area (Å²) in [5.41, 5.74) is 1.81. The first-order valence-corrected chi connectivity index (χ1v) is 14.5. The molecule has 1 amide bonds. The van der Waals surface area contributed by atoms with Gasteiger partial charge in [-0.2, -0.15) is 10.1 Å². The maximum Gasteiger partial charge on any atom is 1.00 e. The molecule has 0 saturated heterocycles. The summed E-state index contributed by atoms with van der Waals surface area (Å²) in [6, 6.07) is 10.3. The van der Waals surface area contributed by atoms with Crippen LogP contribution in [0.5, 0.6) is 5.75 Å². The fourth-order valence-corrected chi connectivity index (χ4v) is 6.11. The van der Waals surface area contributed by atoms with Crippen LogP contribution in [0.25, 0.3) is 0 Å². The maximum absolute atomic E-state index is 13.5. The number of fused-ring (bicyclic) bond motifs is 1. The van der Waals surface area contributed by atoms with Gasteiger partial charge in [-0.3, -0.25) is 4.79 Å². The summed E-state index contributed by atoms with van der Waals surface area (Å²) in [6.07, 6.45) is 0.547. The second-order valence-electron chi connectivity index (χ2n) is 7.99. The monoisotopic (exact) mass is 629 g/mol. The Morgan fingerprint density at radius 1 is 1.00 bits per heavy atom.